The maximum absolute atomic E-state index is 12.9. The number of aryl methyl sites for hydroxylation is 2. The van der Waals surface area contributed by atoms with Crippen molar-refractivity contribution in [3.8, 4) is 0 Å². The predicted octanol–water partition coefficient (Wildman–Crippen LogP) is 3.81. The highest BCUT2D eigenvalue weighted by Gasteiger charge is 2.38. The first-order valence-corrected chi connectivity index (χ1v) is 10.3. The number of rotatable bonds is 6. The fourth-order valence-electron chi connectivity index (χ4n) is 4.38. The standard InChI is InChI=1S/C24H30N2O3/c1-18-8-7-9-19(2)24(18)25-22(27)16-26(17-23(28)29-3)14-12-21(13-15-26)20-10-5-4-6-11-20/h4-11,21H,12-17H2,1-3H3/p+1. The Morgan fingerprint density at radius 2 is 1.59 bits per heavy atom. The molecule has 5 nitrogen and oxygen atoms in total. The molecule has 1 saturated heterocycles. The second-order valence-corrected chi connectivity index (χ2v) is 8.18. The number of nitrogens with one attached hydrogen (secondary N) is 1. The summed E-state index contributed by atoms with van der Waals surface area (Å²) in [4.78, 5) is 25.0. The van der Waals surface area contributed by atoms with Crippen molar-refractivity contribution in [1.29, 1.82) is 0 Å². The summed E-state index contributed by atoms with van der Waals surface area (Å²) in [5.41, 5.74) is 4.29. The lowest BCUT2D eigenvalue weighted by atomic mass is 9.88. The quantitative estimate of drug-likeness (QED) is 0.598. The monoisotopic (exact) mass is 395 g/mol. The number of carbonyl (C=O) groups excluding carboxylic acids is 2. The number of para-hydroxylation sites is 1. The molecular formula is C24H31N2O3+. The van der Waals surface area contributed by atoms with Crippen LogP contribution >= 0.6 is 0 Å². The van der Waals surface area contributed by atoms with E-state index < -0.39 is 0 Å². The molecule has 2 aromatic rings. The molecule has 1 fully saturated rings. The predicted molar refractivity (Wildman–Crippen MR) is 115 cm³/mol. The average Bonchev–Trinajstić information content (AvgIpc) is 2.72. The van der Waals surface area contributed by atoms with Crippen LogP contribution in [0, 0.1) is 13.8 Å². The summed E-state index contributed by atoms with van der Waals surface area (Å²) in [6.45, 7) is 6.08. The number of carbonyl (C=O) groups is 2. The Hall–Kier alpha value is -2.66. The van der Waals surface area contributed by atoms with Crippen LogP contribution in [0.15, 0.2) is 48.5 Å². The summed E-state index contributed by atoms with van der Waals surface area (Å²) in [7, 11) is 1.41. The summed E-state index contributed by atoms with van der Waals surface area (Å²) < 4.78 is 5.39. The second kappa shape index (κ2) is 9.23. The normalized spacial score (nSPS) is 21.4. The van der Waals surface area contributed by atoms with Gasteiger partial charge in [-0.1, -0.05) is 48.5 Å². The van der Waals surface area contributed by atoms with E-state index in [-0.39, 0.29) is 25.0 Å². The minimum absolute atomic E-state index is 0.0514. The number of hydrogen-bond acceptors (Lipinski definition) is 3. The van der Waals surface area contributed by atoms with Crippen LogP contribution < -0.4 is 5.32 Å². The van der Waals surface area contributed by atoms with Gasteiger partial charge in [0.25, 0.3) is 5.91 Å². The third kappa shape index (κ3) is 5.24. The molecule has 1 aliphatic rings. The highest BCUT2D eigenvalue weighted by atomic mass is 16.5. The number of nitrogens with zero attached hydrogens (tertiary/aromatic N) is 1. The molecule has 2 aromatic carbocycles. The lowest BCUT2D eigenvalue weighted by Crippen LogP contribution is -2.58. The van der Waals surface area contributed by atoms with Gasteiger partial charge >= 0.3 is 5.97 Å². The number of anilines is 1. The fourth-order valence-corrected chi connectivity index (χ4v) is 4.38. The zero-order chi connectivity index (χ0) is 20.9. The topological polar surface area (TPSA) is 55.4 Å². The average molecular weight is 396 g/mol. The first kappa shape index (κ1) is 21.1. The van der Waals surface area contributed by atoms with E-state index in [1.54, 1.807) is 0 Å². The van der Waals surface area contributed by atoms with Gasteiger partial charge in [-0.05, 0) is 36.5 Å². The number of piperidine rings is 1. The van der Waals surface area contributed by atoms with Crippen molar-refractivity contribution < 1.29 is 18.8 Å². The molecule has 154 valence electrons. The third-order valence-corrected chi connectivity index (χ3v) is 6.09. The molecule has 0 bridgehead atoms. The first-order chi connectivity index (χ1) is 13.9. The molecule has 1 aliphatic heterocycles. The number of quaternary nitrogens is 1. The number of ether oxygens (including phenoxy) is 1. The van der Waals surface area contributed by atoms with Gasteiger partial charge in [0.15, 0.2) is 13.1 Å². The lowest BCUT2D eigenvalue weighted by Gasteiger charge is -2.42. The molecular weight excluding hydrogens is 364 g/mol. The van der Waals surface area contributed by atoms with Crippen molar-refractivity contribution in [3.63, 3.8) is 0 Å². The zero-order valence-corrected chi connectivity index (χ0v) is 17.6. The van der Waals surface area contributed by atoms with Gasteiger partial charge in [0.1, 0.15) is 0 Å². The maximum atomic E-state index is 12.9. The van der Waals surface area contributed by atoms with Gasteiger partial charge in [0, 0.05) is 18.5 Å². The van der Waals surface area contributed by atoms with Crippen molar-refractivity contribution in [1.82, 2.24) is 0 Å². The van der Waals surface area contributed by atoms with Crippen molar-refractivity contribution in [2.45, 2.75) is 32.6 Å². The molecule has 1 heterocycles. The molecule has 5 heteroatoms. The van der Waals surface area contributed by atoms with Crippen molar-refractivity contribution in [2.24, 2.45) is 0 Å². The Labute approximate surface area is 173 Å². The van der Waals surface area contributed by atoms with Crippen molar-refractivity contribution >= 4 is 17.6 Å². The van der Waals surface area contributed by atoms with Crippen molar-refractivity contribution in [2.75, 3.05) is 38.6 Å². The Balaban J connectivity index is 1.72. The highest BCUT2D eigenvalue weighted by Crippen LogP contribution is 2.32. The smallest absolute Gasteiger partial charge is 0.361 e. The summed E-state index contributed by atoms with van der Waals surface area (Å²) in [6.07, 6.45) is 1.91. The lowest BCUT2D eigenvalue weighted by molar-refractivity contribution is -0.918. The number of likely N-dealkylation sites (tertiary alicyclic amines) is 1. The van der Waals surface area contributed by atoms with Crippen LogP contribution in [0.3, 0.4) is 0 Å². The largest absolute Gasteiger partial charge is 0.465 e. The van der Waals surface area contributed by atoms with E-state index in [0.29, 0.717) is 10.4 Å². The van der Waals surface area contributed by atoms with E-state index in [2.05, 4.69) is 29.6 Å². The Kier molecular flexibility index (Phi) is 6.70. The van der Waals surface area contributed by atoms with E-state index in [1.807, 2.05) is 38.1 Å². The van der Waals surface area contributed by atoms with Gasteiger partial charge < -0.3 is 14.5 Å². The maximum Gasteiger partial charge on any atom is 0.361 e. The molecule has 0 aliphatic carbocycles. The number of amides is 1. The fraction of sp³-hybridized carbons (Fsp3) is 0.417. The van der Waals surface area contributed by atoms with E-state index in [4.69, 9.17) is 4.74 Å². The van der Waals surface area contributed by atoms with Crippen LogP contribution in [-0.4, -0.2) is 49.6 Å². The van der Waals surface area contributed by atoms with Gasteiger partial charge in [-0.25, -0.2) is 4.79 Å². The van der Waals surface area contributed by atoms with Crippen LogP contribution in [0.1, 0.15) is 35.4 Å². The minimum Gasteiger partial charge on any atom is -0.465 e. The van der Waals surface area contributed by atoms with Gasteiger partial charge in [0.2, 0.25) is 0 Å². The number of hydrogen-bond donors (Lipinski definition) is 1. The molecule has 0 atom stereocenters. The molecule has 3 rings (SSSR count). The minimum atomic E-state index is -0.261. The zero-order valence-electron chi connectivity index (χ0n) is 17.6. The first-order valence-electron chi connectivity index (χ1n) is 10.3. The van der Waals surface area contributed by atoms with Crippen LogP contribution in [0.4, 0.5) is 5.69 Å². The van der Waals surface area contributed by atoms with Gasteiger partial charge in [-0.3, -0.25) is 4.79 Å². The summed E-state index contributed by atoms with van der Waals surface area (Å²) in [5.74, 6) is 0.161. The van der Waals surface area contributed by atoms with E-state index in [1.165, 1.54) is 12.7 Å². The number of esters is 1. The Morgan fingerprint density at radius 1 is 0.966 bits per heavy atom. The van der Waals surface area contributed by atoms with Gasteiger partial charge in [-0.2, -0.15) is 0 Å². The molecule has 1 amide bonds. The van der Waals surface area contributed by atoms with Gasteiger partial charge in [-0.15, -0.1) is 0 Å². The van der Waals surface area contributed by atoms with E-state index in [9.17, 15) is 9.59 Å². The molecule has 0 spiro atoms. The van der Waals surface area contributed by atoms with Crippen LogP contribution in [0.5, 0.6) is 0 Å². The van der Waals surface area contributed by atoms with Crippen LogP contribution in [0.25, 0.3) is 0 Å². The second-order valence-electron chi connectivity index (χ2n) is 8.18. The van der Waals surface area contributed by atoms with Crippen LogP contribution in [-0.2, 0) is 14.3 Å². The Bertz CT molecular complexity index is 835. The van der Waals surface area contributed by atoms with E-state index in [0.717, 1.165) is 42.7 Å². The summed E-state index contributed by atoms with van der Waals surface area (Å²) >= 11 is 0. The number of methoxy groups -OCH3 is 1. The van der Waals surface area contributed by atoms with Crippen LogP contribution in [0.2, 0.25) is 0 Å². The van der Waals surface area contributed by atoms with E-state index >= 15 is 0 Å². The Morgan fingerprint density at radius 3 is 2.17 bits per heavy atom. The van der Waals surface area contributed by atoms with Gasteiger partial charge in [0.05, 0.1) is 20.2 Å². The number of benzene rings is 2. The molecule has 1 N–H and O–H groups in total. The molecule has 29 heavy (non-hydrogen) atoms. The van der Waals surface area contributed by atoms with Crippen molar-refractivity contribution in [3.05, 3.63) is 65.2 Å². The SMILES string of the molecule is COC(=O)C[N+]1(CC(=O)Nc2c(C)cccc2C)CCC(c2ccccc2)CC1. The molecule has 0 radical (unpaired) electrons. The summed E-state index contributed by atoms with van der Waals surface area (Å²) in [5, 5.41) is 3.08. The molecule has 0 saturated carbocycles. The summed E-state index contributed by atoms with van der Waals surface area (Å²) in [6, 6.07) is 16.5. The molecule has 0 aromatic heterocycles. The molecule has 0 unspecified atom stereocenters. The highest BCUT2D eigenvalue weighted by molar-refractivity contribution is 5.93. The third-order valence-electron chi connectivity index (χ3n) is 6.09.